The van der Waals surface area contributed by atoms with E-state index in [0.717, 1.165) is 11.1 Å². The van der Waals surface area contributed by atoms with E-state index in [4.69, 9.17) is 9.47 Å². The van der Waals surface area contributed by atoms with Gasteiger partial charge in [0.25, 0.3) is 0 Å². The average molecular weight is 272 g/mol. The second-order valence-corrected chi connectivity index (χ2v) is 4.69. The van der Waals surface area contributed by atoms with E-state index in [-0.39, 0.29) is 6.10 Å². The zero-order chi connectivity index (χ0) is 14.2. The second kappa shape index (κ2) is 7.80. The SMILES string of the molecule is CC(OCc1ccccc1)[C@@H](O)OCc1ccccc1. The minimum atomic E-state index is -0.932. The van der Waals surface area contributed by atoms with Crippen molar-refractivity contribution in [1.29, 1.82) is 0 Å². The fourth-order valence-electron chi connectivity index (χ4n) is 1.78. The highest BCUT2D eigenvalue weighted by atomic mass is 16.6. The fraction of sp³-hybridized carbons (Fsp3) is 0.294. The Morgan fingerprint density at radius 3 is 1.75 bits per heavy atom. The van der Waals surface area contributed by atoms with Crippen LogP contribution in [0.15, 0.2) is 60.7 Å². The van der Waals surface area contributed by atoms with Gasteiger partial charge < -0.3 is 14.6 Å². The number of hydrogen-bond donors (Lipinski definition) is 1. The molecule has 0 amide bonds. The summed E-state index contributed by atoms with van der Waals surface area (Å²) in [4.78, 5) is 0. The molecule has 0 saturated heterocycles. The lowest BCUT2D eigenvalue weighted by Crippen LogP contribution is -2.28. The van der Waals surface area contributed by atoms with Crippen molar-refractivity contribution >= 4 is 0 Å². The monoisotopic (exact) mass is 272 g/mol. The lowest BCUT2D eigenvalue weighted by molar-refractivity contribution is -0.182. The average Bonchev–Trinajstić information content (AvgIpc) is 2.52. The summed E-state index contributed by atoms with van der Waals surface area (Å²) in [5.74, 6) is 0. The molecule has 0 fully saturated rings. The summed E-state index contributed by atoms with van der Waals surface area (Å²) >= 11 is 0. The van der Waals surface area contributed by atoms with E-state index in [1.807, 2.05) is 60.7 Å². The maximum Gasteiger partial charge on any atom is 0.181 e. The molecule has 2 aromatic carbocycles. The van der Waals surface area contributed by atoms with Crippen LogP contribution in [-0.4, -0.2) is 17.5 Å². The molecular formula is C17H20O3. The Hall–Kier alpha value is -1.68. The molecule has 0 bridgehead atoms. The van der Waals surface area contributed by atoms with Crippen molar-refractivity contribution < 1.29 is 14.6 Å². The van der Waals surface area contributed by atoms with Crippen LogP contribution in [0.4, 0.5) is 0 Å². The van der Waals surface area contributed by atoms with E-state index in [9.17, 15) is 5.11 Å². The van der Waals surface area contributed by atoms with Gasteiger partial charge in [0, 0.05) is 0 Å². The number of ether oxygens (including phenoxy) is 2. The molecule has 106 valence electrons. The Morgan fingerprint density at radius 1 is 0.800 bits per heavy atom. The summed E-state index contributed by atoms with van der Waals surface area (Å²) < 4.78 is 11.0. The van der Waals surface area contributed by atoms with Crippen molar-refractivity contribution in [1.82, 2.24) is 0 Å². The molecule has 3 heteroatoms. The molecule has 2 atom stereocenters. The third-order valence-corrected chi connectivity index (χ3v) is 3.02. The Morgan fingerprint density at radius 2 is 1.25 bits per heavy atom. The molecule has 0 radical (unpaired) electrons. The molecule has 0 aliphatic rings. The summed E-state index contributed by atoms with van der Waals surface area (Å²) in [6.07, 6.45) is -1.31. The number of aliphatic hydroxyl groups excluding tert-OH is 1. The standard InChI is InChI=1S/C17H20O3/c1-14(19-12-15-8-4-2-5-9-15)17(18)20-13-16-10-6-3-7-11-16/h2-11,14,17-18H,12-13H2,1H3/t14?,17-/m0/s1. The van der Waals surface area contributed by atoms with Crippen LogP contribution in [0.1, 0.15) is 18.1 Å². The second-order valence-electron chi connectivity index (χ2n) is 4.69. The molecule has 3 nitrogen and oxygen atoms in total. The molecule has 2 aromatic rings. The summed E-state index contributed by atoms with van der Waals surface area (Å²) in [6, 6.07) is 19.6. The number of aliphatic hydroxyl groups is 1. The number of benzene rings is 2. The lowest BCUT2D eigenvalue weighted by Gasteiger charge is -2.20. The quantitative estimate of drug-likeness (QED) is 0.787. The smallest absolute Gasteiger partial charge is 0.181 e. The maximum atomic E-state index is 9.91. The molecule has 20 heavy (non-hydrogen) atoms. The Kier molecular flexibility index (Phi) is 5.74. The molecule has 0 spiro atoms. The molecule has 0 heterocycles. The largest absolute Gasteiger partial charge is 0.369 e. The summed E-state index contributed by atoms with van der Waals surface area (Å²) in [5.41, 5.74) is 2.11. The van der Waals surface area contributed by atoms with Crippen LogP contribution >= 0.6 is 0 Å². The predicted octanol–water partition coefficient (Wildman–Crippen LogP) is 3.13. The van der Waals surface area contributed by atoms with Crippen LogP contribution in [0.3, 0.4) is 0 Å². The molecule has 0 saturated carbocycles. The Labute approximate surface area is 119 Å². The van der Waals surface area contributed by atoms with Crippen LogP contribution in [0.2, 0.25) is 0 Å². The van der Waals surface area contributed by atoms with Gasteiger partial charge in [0.2, 0.25) is 0 Å². The Balaban J connectivity index is 1.73. The van der Waals surface area contributed by atoms with Gasteiger partial charge in [0.1, 0.15) is 6.10 Å². The van der Waals surface area contributed by atoms with E-state index in [2.05, 4.69) is 0 Å². The van der Waals surface area contributed by atoms with Gasteiger partial charge in [-0.05, 0) is 18.1 Å². The van der Waals surface area contributed by atoms with E-state index < -0.39 is 6.29 Å². The minimum absolute atomic E-state index is 0.376. The van der Waals surface area contributed by atoms with Gasteiger partial charge in [-0.1, -0.05) is 60.7 Å². The fourth-order valence-corrected chi connectivity index (χ4v) is 1.78. The van der Waals surface area contributed by atoms with Gasteiger partial charge >= 0.3 is 0 Å². The van der Waals surface area contributed by atoms with Crippen LogP contribution in [0, 0.1) is 0 Å². The Bertz CT molecular complexity index is 437. The van der Waals surface area contributed by atoms with E-state index in [0.29, 0.717) is 13.2 Å². The van der Waals surface area contributed by atoms with Crippen LogP contribution < -0.4 is 0 Å². The van der Waals surface area contributed by atoms with E-state index >= 15 is 0 Å². The van der Waals surface area contributed by atoms with Gasteiger partial charge in [-0.2, -0.15) is 0 Å². The zero-order valence-electron chi connectivity index (χ0n) is 11.6. The van der Waals surface area contributed by atoms with Crippen molar-refractivity contribution in [3.05, 3.63) is 71.8 Å². The highest BCUT2D eigenvalue weighted by Crippen LogP contribution is 2.09. The van der Waals surface area contributed by atoms with Crippen molar-refractivity contribution in [2.75, 3.05) is 0 Å². The van der Waals surface area contributed by atoms with Gasteiger partial charge in [-0.25, -0.2) is 0 Å². The highest BCUT2D eigenvalue weighted by molar-refractivity contribution is 5.14. The van der Waals surface area contributed by atoms with Gasteiger partial charge in [0.15, 0.2) is 6.29 Å². The van der Waals surface area contributed by atoms with E-state index in [1.54, 1.807) is 6.92 Å². The van der Waals surface area contributed by atoms with Crippen LogP contribution in [0.25, 0.3) is 0 Å². The lowest BCUT2D eigenvalue weighted by atomic mass is 10.2. The highest BCUT2D eigenvalue weighted by Gasteiger charge is 2.15. The van der Waals surface area contributed by atoms with Gasteiger partial charge in [-0.3, -0.25) is 0 Å². The topological polar surface area (TPSA) is 38.7 Å². The first-order valence-electron chi connectivity index (χ1n) is 6.75. The first-order chi connectivity index (χ1) is 9.75. The van der Waals surface area contributed by atoms with Crippen molar-refractivity contribution in [2.45, 2.75) is 32.5 Å². The number of rotatable bonds is 7. The molecule has 1 N–H and O–H groups in total. The molecule has 0 aliphatic carbocycles. The van der Waals surface area contributed by atoms with Crippen molar-refractivity contribution in [2.24, 2.45) is 0 Å². The third kappa shape index (κ3) is 4.78. The molecule has 2 rings (SSSR count). The molecular weight excluding hydrogens is 252 g/mol. The predicted molar refractivity (Wildman–Crippen MR) is 77.9 cm³/mol. The normalized spacial score (nSPS) is 13.9. The summed E-state index contributed by atoms with van der Waals surface area (Å²) in [7, 11) is 0. The third-order valence-electron chi connectivity index (χ3n) is 3.02. The number of hydrogen-bond acceptors (Lipinski definition) is 3. The van der Waals surface area contributed by atoms with Crippen LogP contribution in [-0.2, 0) is 22.7 Å². The summed E-state index contributed by atoms with van der Waals surface area (Å²) in [6.45, 7) is 2.65. The van der Waals surface area contributed by atoms with Crippen LogP contribution in [0.5, 0.6) is 0 Å². The van der Waals surface area contributed by atoms with Crippen molar-refractivity contribution in [3.8, 4) is 0 Å². The van der Waals surface area contributed by atoms with Gasteiger partial charge in [-0.15, -0.1) is 0 Å². The first kappa shape index (κ1) is 14.7. The summed E-state index contributed by atoms with van der Waals surface area (Å²) in [5, 5.41) is 9.91. The molecule has 0 aliphatic heterocycles. The van der Waals surface area contributed by atoms with E-state index in [1.165, 1.54) is 0 Å². The zero-order valence-corrected chi connectivity index (χ0v) is 11.6. The maximum absolute atomic E-state index is 9.91. The van der Waals surface area contributed by atoms with Gasteiger partial charge in [0.05, 0.1) is 13.2 Å². The minimum Gasteiger partial charge on any atom is -0.369 e. The first-order valence-corrected chi connectivity index (χ1v) is 6.75. The molecule has 0 aromatic heterocycles. The van der Waals surface area contributed by atoms with Crippen molar-refractivity contribution in [3.63, 3.8) is 0 Å². The molecule has 1 unspecified atom stereocenters.